The fourth-order valence-corrected chi connectivity index (χ4v) is 4.21. The average molecular weight is 501 g/mol. The van der Waals surface area contributed by atoms with Crippen LogP contribution in [0.1, 0.15) is 31.9 Å². The highest BCUT2D eigenvalue weighted by atomic mass is 79.9. The second kappa shape index (κ2) is 8.60. The molecule has 166 valence electrons. The van der Waals surface area contributed by atoms with Gasteiger partial charge in [-0.15, -0.1) is 0 Å². The van der Waals surface area contributed by atoms with Gasteiger partial charge in [0.1, 0.15) is 23.8 Å². The van der Waals surface area contributed by atoms with Gasteiger partial charge in [-0.05, 0) is 66.8 Å². The topological polar surface area (TPSA) is 42.0 Å². The van der Waals surface area contributed by atoms with Crippen molar-refractivity contribution in [1.29, 1.82) is 0 Å². The van der Waals surface area contributed by atoms with Crippen molar-refractivity contribution in [3.8, 4) is 16.9 Å². The van der Waals surface area contributed by atoms with Gasteiger partial charge in [-0.25, -0.2) is 9.18 Å². The summed E-state index contributed by atoms with van der Waals surface area (Å²) in [6.45, 7) is 8.31. The van der Waals surface area contributed by atoms with E-state index in [0.29, 0.717) is 48.6 Å². The summed E-state index contributed by atoms with van der Waals surface area (Å²) in [7, 11) is -1.07. The maximum Gasteiger partial charge on any atom is 0.410 e. The highest BCUT2D eigenvalue weighted by Crippen LogP contribution is 2.38. The normalized spacial score (nSPS) is 20.1. The molecule has 0 N–H and O–H groups in total. The average Bonchev–Trinajstić information content (AvgIpc) is 2.78. The number of carbonyl (C=O) groups excluding carboxylic acids is 1. The first kappa shape index (κ1) is 23.2. The molecule has 2 heterocycles. The summed E-state index contributed by atoms with van der Waals surface area (Å²) in [4.78, 5) is 16.5. The van der Waals surface area contributed by atoms with Crippen LogP contribution in [-0.4, -0.2) is 72.5 Å². The Labute approximate surface area is 188 Å². The summed E-state index contributed by atoms with van der Waals surface area (Å²) >= 11 is 3.35. The number of fused-ring (bicyclic) bond motifs is 2. The van der Waals surface area contributed by atoms with Gasteiger partial charge < -0.3 is 14.4 Å². The van der Waals surface area contributed by atoms with E-state index in [-0.39, 0.29) is 18.0 Å². The zero-order valence-corrected chi connectivity index (χ0v) is 20.9. The van der Waals surface area contributed by atoms with E-state index >= 15 is 0 Å². The second-order valence-electron chi connectivity index (χ2n) is 9.46. The van der Waals surface area contributed by atoms with Crippen molar-refractivity contribution in [2.45, 2.75) is 39.0 Å². The van der Waals surface area contributed by atoms with E-state index in [1.165, 1.54) is 6.07 Å². The SMILES string of the molecule is CC(C)(C)OC(=O)N1CCN2Cc3cc(F)c(Br)c(C#CS(C)(C)C)c3OC[C@H]2C1. The standard InChI is InChI=1S/C22H30BrFN2O3S/c1-22(2,3)29-21(27)26-9-8-25-12-15-11-18(24)19(23)17(7-10-30(4,5)6)20(15)28-14-16(25)13-26/h11,16H,8-9,12-14H2,1-6H3/t16-/m1/s1. The third-order valence-electron chi connectivity index (χ3n) is 4.78. The molecular formula is C22H30BrFN2O3S. The van der Waals surface area contributed by atoms with E-state index in [4.69, 9.17) is 9.47 Å². The van der Waals surface area contributed by atoms with E-state index in [2.05, 4.69) is 50.8 Å². The fourth-order valence-electron chi connectivity index (χ4n) is 3.41. The lowest BCUT2D eigenvalue weighted by molar-refractivity contribution is -0.00155. The van der Waals surface area contributed by atoms with E-state index in [1.807, 2.05) is 20.8 Å². The largest absolute Gasteiger partial charge is 0.490 e. The number of nitrogens with zero attached hydrogens (tertiary/aromatic N) is 2. The summed E-state index contributed by atoms with van der Waals surface area (Å²) in [6, 6.07) is 1.53. The van der Waals surface area contributed by atoms with E-state index < -0.39 is 15.6 Å². The van der Waals surface area contributed by atoms with Crippen LogP contribution >= 0.6 is 26.0 Å². The van der Waals surface area contributed by atoms with Crippen molar-refractivity contribution in [3.63, 3.8) is 0 Å². The Kier molecular flexibility index (Phi) is 6.66. The molecule has 2 aliphatic heterocycles. The van der Waals surface area contributed by atoms with E-state index in [0.717, 1.165) is 5.56 Å². The number of halogens is 2. The molecule has 1 amide bonds. The number of carbonyl (C=O) groups is 1. The Balaban J connectivity index is 1.85. The molecule has 1 aromatic carbocycles. The predicted molar refractivity (Wildman–Crippen MR) is 124 cm³/mol. The lowest BCUT2D eigenvalue weighted by atomic mass is 10.1. The number of amides is 1. The first-order valence-corrected chi connectivity index (χ1v) is 13.6. The van der Waals surface area contributed by atoms with Gasteiger partial charge in [0.2, 0.25) is 0 Å². The van der Waals surface area contributed by atoms with Crippen molar-refractivity contribution < 1.29 is 18.7 Å². The maximum atomic E-state index is 14.6. The third kappa shape index (κ3) is 5.63. The van der Waals surface area contributed by atoms with Crippen molar-refractivity contribution in [1.82, 2.24) is 9.80 Å². The number of hydrogen-bond acceptors (Lipinski definition) is 4. The Morgan fingerprint density at radius 3 is 2.67 bits per heavy atom. The van der Waals surface area contributed by atoms with E-state index in [1.54, 1.807) is 4.90 Å². The van der Waals surface area contributed by atoms with Gasteiger partial charge in [0, 0.05) is 31.7 Å². The van der Waals surface area contributed by atoms with Crippen LogP contribution in [0.25, 0.3) is 0 Å². The monoisotopic (exact) mass is 500 g/mol. The first-order valence-electron chi connectivity index (χ1n) is 9.91. The minimum absolute atomic E-state index is 0.00885. The Morgan fingerprint density at radius 1 is 1.33 bits per heavy atom. The Hall–Kier alpha value is -1.43. The fraction of sp³-hybridized carbons (Fsp3) is 0.591. The number of rotatable bonds is 0. The number of hydrogen-bond donors (Lipinski definition) is 0. The summed E-state index contributed by atoms with van der Waals surface area (Å²) in [5.41, 5.74) is 0.824. The smallest absolute Gasteiger partial charge is 0.410 e. The molecular weight excluding hydrogens is 471 g/mol. The van der Waals surface area contributed by atoms with Crippen LogP contribution in [0.15, 0.2) is 10.5 Å². The van der Waals surface area contributed by atoms with Crippen LogP contribution in [0.4, 0.5) is 9.18 Å². The molecule has 0 spiro atoms. The zero-order chi connectivity index (χ0) is 22.3. The summed E-state index contributed by atoms with van der Waals surface area (Å²) in [5, 5.41) is 3.26. The molecule has 1 saturated heterocycles. The van der Waals surface area contributed by atoms with Crippen LogP contribution in [0.2, 0.25) is 0 Å². The summed E-state index contributed by atoms with van der Waals surface area (Å²) in [6.07, 6.45) is 5.98. The number of piperazine rings is 1. The van der Waals surface area contributed by atoms with Gasteiger partial charge in [-0.2, -0.15) is 10.0 Å². The minimum atomic E-state index is -1.07. The number of ether oxygens (including phenoxy) is 2. The molecule has 8 heteroatoms. The maximum absolute atomic E-state index is 14.6. The van der Waals surface area contributed by atoms with Gasteiger partial charge in [-0.1, -0.05) is 5.92 Å². The van der Waals surface area contributed by atoms with Crippen LogP contribution in [0, 0.1) is 17.0 Å². The lowest BCUT2D eigenvalue weighted by Crippen LogP contribution is -2.56. The summed E-state index contributed by atoms with van der Waals surface area (Å²) < 4.78 is 26.6. The van der Waals surface area contributed by atoms with Crippen molar-refractivity contribution >= 4 is 32.1 Å². The Morgan fingerprint density at radius 2 is 2.03 bits per heavy atom. The third-order valence-corrected chi connectivity index (χ3v) is 6.27. The number of benzene rings is 1. The molecule has 1 aromatic rings. The molecule has 0 unspecified atom stereocenters. The molecule has 0 aliphatic carbocycles. The molecule has 5 nitrogen and oxygen atoms in total. The Bertz CT molecular complexity index is 899. The van der Waals surface area contributed by atoms with Gasteiger partial charge in [0.15, 0.2) is 0 Å². The first-order chi connectivity index (χ1) is 13.8. The van der Waals surface area contributed by atoms with Gasteiger partial charge in [-0.3, -0.25) is 4.90 Å². The molecule has 0 aromatic heterocycles. The highest BCUT2D eigenvalue weighted by Gasteiger charge is 2.35. The van der Waals surface area contributed by atoms with Crippen LogP contribution < -0.4 is 4.74 Å². The molecule has 1 fully saturated rings. The highest BCUT2D eigenvalue weighted by molar-refractivity contribution is 9.10. The quantitative estimate of drug-likeness (QED) is 0.495. The molecule has 3 rings (SSSR count). The molecule has 0 bridgehead atoms. The van der Waals surface area contributed by atoms with Crippen LogP contribution in [-0.2, 0) is 11.3 Å². The van der Waals surface area contributed by atoms with Crippen molar-refractivity contribution in [2.24, 2.45) is 0 Å². The lowest BCUT2D eigenvalue weighted by Gasteiger charge is -2.40. The molecule has 2 aliphatic rings. The van der Waals surface area contributed by atoms with Gasteiger partial charge >= 0.3 is 6.09 Å². The molecule has 30 heavy (non-hydrogen) atoms. The molecule has 0 saturated carbocycles. The van der Waals surface area contributed by atoms with Crippen LogP contribution in [0.5, 0.6) is 5.75 Å². The van der Waals surface area contributed by atoms with Crippen molar-refractivity contribution in [2.75, 3.05) is 45.0 Å². The van der Waals surface area contributed by atoms with Gasteiger partial charge in [0.05, 0.1) is 16.1 Å². The zero-order valence-electron chi connectivity index (χ0n) is 18.5. The minimum Gasteiger partial charge on any atom is -0.490 e. The molecule has 0 radical (unpaired) electrons. The predicted octanol–water partition coefficient (Wildman–Crippen LogP) is 4.40. The summed E-state index contributed by atoms with van der Waals surface area (Å²) in [5.74, 6) is 3.46. The van der Waals surface area contributed by atoms with Gasteiger partial charge in [0.25, 0.3) is 0 Å². The van der Waals surface area contributed by atoms with E-state index in [9.17, 15) is 9.18 Å². The second-order valence-corrected chi connectivity index (χ2v) is 14.1. The van der Waals surface area contributed by atoms with Crippen LogP contribution in [0.3, 0.4) is 0 Å². The molecule has 1 atom stereocenters. The van der Waals surface area contributed by atoms with Crippen molar-refractivity contribution in [3.05, 3.63) is 27.5 Å².